The van der Waals surface area contributed by atoms with Crippen molar-refractivity contribution in [2.45, 2.75) is 20.4 Å². The second-order valence-electron chi connectivity index (χ2n) is 6.48. The molecule has 1 aromatic heterocycles. The van der Waals surface area contributed by atoms with Crippen LogP contribution in [0, 0.1) is 19.7 Å². The fourth-order valence-electron chi connectivity index (χ4n) is 2.98. The lowest BCUT2D eigenvalue weighted by molar-refractivity contribution is 0.355. The van der Waals surface area contributed by atoms with Gasteiger partial charge in [-0.1, -0.05) is 12.1 Å². The van der Waals surface area contributed by atoms with Crippen molar-refractivity contribution < 1.29 is 13.9 Å². The Bertz CT molecular complexity index is 1020. The standard InChI is InChI=1S/C21H23FN4O2S/c1-13-20(14(2)26(25-13)12-15-5-7-16(22)8-6-15)24-21(29)23-17-9-10-18(27-3)19(11-17)28-4/h5-11H,12H2,1-4H3,(H2,23,24,29). The van der Waals surface area contributed by atoms with Crippen molar-refractivity contribution in [2.75, 3.05) is 24.9 Å². The molecule has 2 N–H and O–H groups in total. The Hall–Kier alpha value is -3.13. The molecule has 8 heteroatoms. The molecule has 0 unspecified atom stereocenters. The molecular formula is C21H23FN4O2S. The minimum absolute atomic E-state index is 0.254. The highest BCUT2D eigenvalue weighted by atomic mass is 32.1. The van der Waals surface area contributed by atoms with Gasteiger partial charge in [0.1, 0.15) is 5.82 Å². The molecule has 2 aromatic carbocycles. The van der Waals surface area contributed by atoms with E-state index in [0.29, 0.717) is 23.2 Å². The van der Waals surface area contributed by atoms with Crippen molar-refractivity contribution in [1.29, 1.82) is 0 Å². The van der Waals surface area contributed by atoms with Crippen LogP contribution in [0.2, 0.25) is 0 Å². The van der Waals surface area contributed by atoms with Gasteiger partial charge in [-0.2, -0.15) is 5.10 Å². The molecule has 0 aliphatic carbocycles. The van der Waals surface area contributed by atoms with Crippen LogP contribution in [0.1, 0.15) is 17.0 Å². The fraction of sp³-hybridized carbons (Fsp3) is 0.238. The molecule has 1 heterocycles. The molecule has 0 spiro atoms. The lowest BCUT2D eigenvalue weighted by atomic mass is 10.2. The highest BCUT2D eigenvalue weighted by molar-refractivity contribution is 7.80. The van der Waals surface area contributed by atoms with E-state index >= 15 is 0 Å². The number of aromatic nitrogens is 2. The van der Waals surface area contributed by atoms with Crippen LogP contribution in [-0.2, 0) is 6.54 Å². The molecule has 0 atom stereocenters. The largest absolute Gasteiger partial charge is 0.493 e. The van der Waals surface area contributed by atoms with Gasteiger partial charge in [0.2, 0.25) is 0 Å². The zero-order valence-corrected chi connectivity index (χ0v) is 17.6. The van der Waals surface area contributed by atoms with Crippen LogP contribution in [0.4, 0.5) is 15.8 Å². The summed E-state index contributed by atoms with van der Waals surface area (Å²) in [4.78, 5) is 0. The Kier molecular flexibility index (Phi) is 6.33. The van der Waals surface area contributed by atoms with E-state index in [0.717, 1.165) is 28.3 Å². The summed E-state index contributed by atoms with van der Waals surface area (Å²) >= 11 is 5.46. The molecule has 0 saturated carbocycles. The third-order valence-corrected chi connectivity index (χ3v) is 4.71. The summed E-state index contributed by atoms with van der Waals surface area (Å²) in [5.74, 6) is 1.00. The van der Waals surface area contributed by atoms with E-state index < -0.39 is 0 Å². The van der Waals surface area contributed by atoms with Gasteiger partial charge >= 0.3 is 0 Å². The van der Waals surface area contributed by atoms with Crippen LogP contribution in [0.3, 0.4) is 0 Å². The van der Waals surface area contributed by atoms with Crippen molar-refractivity contribution in [3.63, 3.8) is 0 Å². The van der Waals surface area contributed by atoms with Crippen LogP contribution >= 0.6 is 12.2 Å². The van der Waals surface area contributed by atoms with E-state index in [2.05, 4.69) is 15.7 Å². The van der Waals surface area contributed by atoms with Gasteiger partial charge in [-0.15, -0.1) is 0 Å². The van der Waals surface area contributed by atoms with Gasteiger partial charge in [-0.25, -0.2) is 4.39 Å². The Balaban J connectivity index is 1.72. The first kappa shape index (κ1) is 20.6. The average Bonchev–Trinajstić information content (AvgIpc) is 2.97. The number of halogens is 1. The lowest BCUT2D eigenvalue weighted by Gasteiger charge is -2.13. The summed E-state index contributed by atoms with van der Waals surface area (Å²) in [5.41, 5.74) is 4.33. The number of anilines is 2. The summed E-state index contributed by atoms with van der Waals surface area (Å²) < 4.78 is 25.5. The summed E-state index contributed by atoms with van der Waals surface area (Å²) in [6.45, 7) is 4.42. The average molecular weight is 415 g/mol. The first-order chi connectivity index (χ1) is 13.9. The first-order valence-electron chi connectivity index (χ1n) is 8.99. The number of nitrogens with zero attached hydrogens (tertiary/aromatic N) is 2. The second kappa shape index (κ2) is 8.91. The predicted octanol–water partition coefficient (Wildman–Crippen LogP) is 4.51. The first-order valence-corrected chi connectivity index (χ1v) is 9.40. The summed E-state index contributed by atoms with van der Waals surface area (Å²) in [5, 5.41) is 11.4. The molecule has 29 heavy (non-hydrogen) atoms. The number of hydrogen-bond acceptors (Lipinski definition) is 4. The number of ether oxygens (including phenoxy) is 2. The maximum atomic E-state index is 13.1. The van der Waals surface area contributed by atoms with Crippen LogP contribution in [0.5, 0.6) is 11.5 Å². The van der Waals surface area contributed by atoms with Crippen LogP contribution in [0.25, 0.3) is 0 Å². The van der Waals surface area contributed by atoms with Crippen molar-refractivity contribution in [3.8, 4) is 11.5 Å². The van der Waals surface area contributed by atoms with E-state index in [1.807, 2.05) is 30.7 Å². The Morgan fingerprint density at radius 2 is 1.72 bits per heavy atom. The van der Waals surface area contributed by atoms with E-state index in [-0.39, 0.29) is 5.82 Å². The molecule has 0 aliphatic rings. The quantitative estimate of drug-likeness (QED) is 0.579. The van der Waals surface area contributed by atoms with Crippen LogP contribution in [-0.4, -0.2) is 29.1 Å². The van der Waals surface area contributed by atoms with E-state index in [9.17, 15) is 4.39 Å². The molecule has 0 bridgehead atoms. The maximum Gasteiger partial charge on any atom is 0.175 e. The molecule has 0 radical (unpaired) electrons. The molecule has 6 nitrogen and oxygen atoms in total. The second-order valence-corrected chi connectivity index (χ2v) is 6.89. The topological polar surface area (TPSA) is 60.3 Å². The fourth-order valence-corrected chi connectivity index (χ4v) is 3.20. The third-order valence-electron chi connectivity index (χ3n) is 4.51. The van der Waals surface area contributed by atoms with Gasteiger partial charge in [0.05, 0.1) is 37.8 Å². The zero-order valence-electron chi connectivity index (χ0n) is 16.7. The van der Waals surface area contributed by atoms with Crippen molar-refractivity contribution in [3.05, 3.63) is 65.2 Å². The Morgan fingerprint density at radius 3 is 2.38 bits per heavy atom. The number of nitrogens with one attached hydrogen (secondary N) is 2. The molecular weight excluding hydrogens is 391 g/mol. The van der Waals surface area contributed by atoms with Gasteiger partial charge in [-0.3, -0.25) is 4.68 Å². The van der Waals surface area contributed by atoms with Gasteiger partial charge < -0.3 is 20.1 Å². The van der Waals surface area contributed by atoms with Crippen LogP contribution < -0.4 is 20.1 Å². The Morgan fingerprint density at radius 1 is 1.03 bits per heavy atom. The number of methoxy groups -OCH3 is 2. The zero-order chi connectivity index (χ0) is 21.0. The highest BCUT2D eigenvalue weighted by Crippen LogP contribution is 2.30. The minimum atomic E-state index is -0.254. The molecule has 3 rings (SSSR count). The minimum Gasteiger partial charge on any atom is -0.493 e. The Labute approximate surface area is 174 Å². The monoisotopic (exact) mass is 414 g/mol. The number of benzene rings is 2. The normalized spacial score (nSPS) is 10.5. The third kappa shape index (κ3) is 4.83. The van der Waals surface area contributed by atoms with Gasteiger partial charge in [0, 0.05) is 11.8 Å². The van der Waals surface area contributed by atoms with Crippen LogP contribution in [0.15, 0.2) is 42.5 Å². The van der Waals surface area contributed by atoms with Gasteiger partial charge in [-0.05, 0) is 55.9 Å². The summed E-state index contributed by atoms with van der Waals surface area (Å²) in [6, 6.07) is 11.9. The van der Waals surface area contributed by atoms with Gasteiger partial charge in [0.15, 0.2) is 16.6 Å². The smallest absolute Gasteiger partial charge is 0.175 e. The SMILES string of the molecule is COc1ccc(NC(=S)Nc2c(C)nn(Cc3ccc(F)cc3)c2C)cc1OC. The van der Waals surface area contributed by atoms with Crippen molar-refractivity contribution in [1.82, 2.24) is 9.78 Å². The molecule has 0 aliphatic heterocycles. The summed E-state index contributed by atoms with van der Waals surface area (Å²) in [7, 11) is 3.17. The number of thiocarbonyl (C=S) groups is 1. The van der Waals surface area contributed by atoms with Crippen molar-refractivity contribution >= 4 is 28.7 Å². The van der Waals surface area contributed by atoms with E-state index in [4.69, 9.17) is 21.7 Å². The number of aryl methyl sites for hydroxylation is 1. The van der Waals surface area contributed by atoms with E-state index in [1.54, 1.807) is 32.4 Å². The number of hydrogen-bond donors (Lipinski definition) is 2. The molecule has 3 aromatic rings. The molecule has 0 fully saturated rings. The predicted molar refractivity (Wildman–Crippen MR) is 117 cm³/mol. The maximum absolute atomic E-state index is 13.1. The van der Waals surface area contributed by atoms with E-state index in [1.165, 1.54) is 12.1 Å². The summed E-state index contributed by atoms with van der Waals surface area (Å²) in [6.07, 6.45) is 0. The molecule has 152 valence electrons. The molecule has 0 saturated heterocycles. The lowest BCUT2D eigenvalue weighted by Crippen LogP contribution is -2.20. The molecule has 0 amide bonds. The van der Waals surface area contributed by atoms with Gasteiger partial charge in [0.25, 0.3) is 0 Å². The van der Waals surface area contributed by atoms with Crippen molar-refractivity contribution in [2.24, 2.45) is 0 Å². The number of rotatable bonds is 6. The highest BCUT2D eigenvalue weighted by Gasteiger charge is 2.14.